The Bertz CT molecular complexity index is 1090. The molecule has 4 nitrogen and oxygen atoms in total. The lowest BCUT2D eigenvalue weighted by molar-refractivity contribution is -0.139. The van der Waals surface area contributed by atoms with Crippen LogP contribution in [0.15, 0.2) is 88.2 Å². The first kappa shape index (κ1) is 26.0. The first-order chi connectivity index (χ1) is 16.3. The average Bonchev–Trinajstić information content (AvgIpc) is 2.81. The standard InChI is InChI=1S/C28H31BrN2O2S/c1-20(2)30-28(33)26(17-22-8-5-4-6-9-22)31(18-23-10-7-11-24(29)16-23)27(32)19-34-25-14-12-21(3)13-15-25/h4-16,20,26H,17-19H2,1-3H3,(H,30,33). The Morgan fingerprint density at radius 1 is 0.941 bits per heavy atom. The zero-order chi connectivity index (χ0) is 24.5. The summed E-state index contributed by atoms with van der Waals surface area (Å²) >= 11 is 5.02. The monoisotopic (exact) mass is 538 g/mol. The number of amides is 2. The zero-order valence-corrected chi connectivity index (χ0v) is 22.2. The SMILES string of the molecule is Cc1ccc(SCC(=O)N(Cc2cccc(Br)c2)C(Cc2ccccc2)C(=O)NC(C)C)cc1. The van der Waals surface area contributed by atoms with Crippen LogP contribution >= 0.6 is 27.7 Å². The van der Waals surface area contributed by atoms with Gasteiger partial charge in [0.1, 0.15) is 6.04 Å². The molecule has 0 saturated heterocycles. The van der Waals surface area contributed by atoms with Crippen molar-refractivity contribution in [3.63, 3.8) is 0 Å². The number of nitrogens with zero attached hydrogens (tertiary/aromatic N) is 1. The molecular formula is C28H31BrN2O2S. The second-order valence-electron chi connectivity index (χ2n) is 8.62. The molecule has 0 saturated carbocycles. The zero-order valence-electron chi connectivity index (χ0n) is 19.8. The molecule has 3 aromatic rings. The molecule has 2 amide bonds. The highest BCUT2D eigenvalue weighted by molar-refractivity contribution is 9.10. The summed E-state index contributed by atoms with van der Waals surface area (Å²) in [6, 6.07) is 25.3. The molecule has 0 fully saturated rings. The second-order valence-corrected chi connectivity index (χ2v) is 10.6. The van der Waals surface area contributed by atoms with E-state index < -0.39 is 6.04 Å². The normalized spacial score (nSPS) is 11.8. The van der Waals surface area contributed by atoms with E-state index in [0.29, 0.717) is 13.0 Å². The molecule has 0 aliphatic carbocycles. The number of aryl methyl sites for hydroxylation is 1. The van der Waals surface area contributed by atoms with Gasteiger partial charge in [0.2, 0.25) is 11.8 Å². The molecule has 1 atom stereocenters. The van der Waals surface area contributed by atoms with E-state index in [1.54, 1.807) is 4.90 Å². The van der Waals surface area contributed by atoms with E-state index in [1.807, 2.05) is 99.6 Å². The Labute approximate surface area is 215 Å². The van der Waals surface area contributed by atoms with E-state index >= 15 is 0 Å². The summed E-state index contributed by atoms with van der Waals surface area (Å²) in [5, 5.41) is 3.03. The topological polar surface area (TPSA) is 49.4 Å². The fourth-order valence-corrected chi connectivity index (χ4v) is 4.86. The molecule has 0 aliphatic rings. The summed E-state index contributed by atoms with van der Waals surface area (Å²) in [6.45, 7) is 6.27. The maximum atomic E-state index is 13.6. The van der Waals surface area contributed by atoms with Crippen LogP contribution in [0.25, 0.3) is 0 Å². The lowest BCUT2D eigenvalue weighted by Gasteiger charge is -2.32. The van der Waals surface area contributed by atoms with E-state index in [4.69, 9.17) is 0 Å². The molecule has 178 valence electrons. The summed E-state index contributed by atoms with van der Waals surface area (Å²) in [5.41, 5.74) is 3.17. The number of carbonyl (C=O) groups excluding carboxylic acids is 2. The van der Waals surface area contributed by atoms with Crippen molar-refractivity contribution in [3.05, 3.63) is 100 Å². The van der Waals surface area contributed by atoms with Gasteiger partial charge in [-0.2, -0.15) is 0 Å². The maximum Gasteiger partial charge on any atom is 0.243 e. The Balaban J connectivity index is 1.90. The number of rotatable bonds is 10. The average molecular weight is 540 g/mol. The quantitative estimate of drug-likeness (QED) is 0.321. The molecular weight excluding hydrogens is 508 g/mol. The predicted molar refractivity (Wildman–Crippen MR) is 144 cm³/mol. The van der Waals surface area contributed by atoms with Crippen molar-refractivity contribution < 1.29 is 9.59 Å². The lowest BCUT2D eigenvalue weighted by atomic mass is 10.0. The molecule has 0 aromatic heterocycles. The summed E-state index contributed by atoms with van der Waals surface area (Å²) in [6.07, 6.45) is 0.453. The molecule has 0 aliphatic heterocycles. The molecule has 0 spiro atoms. The number of nitrogens with one attached hydrogen (secondary N) is 1. The minimum Gasteiger partial charge on any atom is -0.352 e. The Morgan fingerprint density at radius 3 is 2.26 bits per heavy atom. The van der Waals surface area contributed by atoms with Gasteiger partial charge in [0.15, 0.2) is 0 Å². The van der Waals surface area contributed by atoms with Gasteiger partial charge in [-0.1, -0.05) is 76.1 Å². The van der Waals surface area contributed by atoms with Crippen molar-refractivity contribution in [2.45, 2.75) is 50.7 Å². The molecule has 1 N–H and O–H groups in total. The fraction of sp³-hybridized carbons (Fsp3) is 0.286. The van der Waals surface area contributed by atoms with Gasteiger partial charge in [-0.3, -0.25) is 9.59 Å². The highest BCUT2D eigenvalue weighted by Crippen LogP contribution is 2.22. The number of thioether (sulfide) groups is 1. The number of hydrogen-bond acceptors (Lipinski definition) is 3. The molecule has 0 bridgehead atoms. The van der Waals surface area contributed by atoms with Gasteiger partial charge in [-0.05, 0) is 56.2 Å². The van der Waals surface area contributed by atoms with E-state index in [-0.39, 0.29) is 23.6 Å². The molecule has 3 aromatic carbocycles. The molecule has 0 heterocycles. The van der Waals surface area contributed by atoms with Crippen molar-refractivity contribution in [3.8, 4) is 0 Å². The third-order valence-corrected chi connectivity index (χ3v) is 6.82. The predicted octanol–water partition coefficient (Wildman–Crippen LogP) is 6.01. The summed E-state index contributed by atoms with van der Waals surface area (Å²) < 4.78 is 0.942. The summed E-state index contributed by atoms with van der Waals surface area (Å²) in [5.74, 6) is 0.0602. The van der Waals surface area contributed by atoms with E-state index in [1.165, 1.54) is 17.3 Å². The Kier molecular flexibility index (Phi) is 9.78. The lowest BCUT2D eigenvalue weighted by Crippen LogP contribution is -2.52. The number of hydrogen-bond donors (Lipinski definition) is 1. The fourth-order valence-electron chi connectivity index (χ4n) is 3.63. The minimum atomic E-state index is -0.616. The Hall–Kier alpha value is -2.57. The summed E-state index contributed by atoms with van der Waals surface area (Å²) in [7, 11) is 0. The first-order valence-corrected chi connectivity index (χ1v) is 13.2. The number of halogens is 1. The van der Waals surface area contributed by atoms with Crippen LogP contribution in [-0.4, -0.2) is 34.6 Å². The largest absolute Gasteiger partial charge is 0.352 e. The van der Waals surface area contributed by atoms with Crippen LogP contribution in [0.1, 0.15) is 30.5 Å². The van der Waals surface area contributed by atoms with Crippen LogP contribution in [0, 0.1) is 6.92 Å². The summed E-state index contributed by atoms with van der Waals surface area (Å²) in [4.78, 5) is 29.7. The van der Waals surface area contributed by atoms with Crippen LogP contribution in [0.4, 0.5) is 0 Å². The highest BCUT2D eigenvalue weighted by Gasteiger charge is 2.30. The third-order valence-electron chi connectivity index (χ3n) is 5.33. The van der Waals surface area contributed by atoms with Gasteiger partial charge in [-0.25, -0.2) is 0 Å². The molecule has 34 heavy (non-hydrogen) atoms. The second kappa shape index (κ2) is 12.8. The van der Waals surface area contributed by atoms with Crippen LogP contribution < -0.4 is 5.32 Å². The van der Waals surface area contributed by atoms with Gasteiger partial charge in [0.05, 0.1) is 5.75 Å². The number of benzene rings is 3. The Morgan fingerprint density at radius 2 is 1.62 bits per heavy atom. The van der Waals surface area contributed by atoms with Gasteiger partial charge in [0.25, 0.3) is 0 Å². The van der Waals surface area contributed by atoms with Crippen molar-refractivity contribution in [1.82, 2.24) is 10.2 Å². The molecule has 6 heteroatoms. The molecule has 1 unspecified atom stereocenters. The van der Waals surface area contributed by atoms with Gasteiger partial charge in [0, 0.05) is 28.4 Å². The van der Waals surface area contributed by atoms with Crippen molar-refractivity contribution >= 4 is 39.5 Å². The van der Waals surface area contributed by atoms with Crippen LogP contribution in [-0.2, 0) is 22.6 Å². The maximum absolute atomic E-state index is 13.6. The van der Waals surface area contributed by atoms with Crippen molar-refractivity contribution in [1.29, 1.82) is 0 Å². The van der Waals surface area contributed by atoms with Gasteiger partial charge in [-0.15, -0.1) is 11.8 Å². The van der Waals surface area contributed by atoms with Gasteiger partial charge >= 0.3 is 0 Å². The number of carbonyl (C=O) groups is 2. The van der Waals surface area contributed by atoms with Crippen LogP contribution in [0.5, 0.6) is 0 Å². The van der Waals surface area contributed by atoms with E-state index in [2.05, 4.69) is 21.2 Å². The van der Waals surface area contributed by atoms with Gasteiger partial charge < -0.3 is 10.2 Å². The highest BCUT2D eigenvalue weighted by atomic mass is 79.9. The van der Waals surface area contributed by atoms with Crippen molar-refractivity contribution in [2.24, 2.45) is 0 Å². The smallest absolute Gasteiger partial charge is 0.243 e. The van der Waals surface area contributed by atoms with E-state index in [9.17, 15) is 9.59 Å². The first-order valence-electron chi connectivity index (χ1n) is 11.4. The van der Waals surface area contributed by atoms with E-state index in [0.717, 1.165) is 20.5 Å². The molecule has 0 radical (unpaired) electrons. The van der Waals surface area contributed by atoms with Crippen molar-refractivity contribution in [2.75, 3.05) is 5.75 Å². The third kappa shape index (κ3) is 8.03. The van der Waals surface area contributed by atoms with Crippen LogP contribution in [0.3, 0.4) is 0 Å². The van der Waals surface area contributed by atoms with Crippen LogP contribution in [0.2, 0.25) is 0 Å². The minimum absolute atomic E-state index is 0.0180. The molecule has 3 rings (SSSR count).